The van der Waals surface area contributed by atoms with Crippen LogP contribution >= 0.6 is 0 Å². The van der Waals surface area contributed by atoms with Crippen molar-refractivity contribution in [1.29, 1.82) is 0 Å². The van der Waals surface area contributed by atoms with Crippen molar-refractivity contribution in [2.75, 3.05) is 26.2 Å². The summed E-state index contributed by atoms with van der Waals surface area (Å²) < 4.78 is 0. The fraction of sp³-hybridized carbons (Fsp3) is 0.857. The summed E-state index contributed by atoms with van der Waals surface area (Å²) in [6.07, 6.45) is 2.42. The molecule has 2 unspecified atom stereocenters. The van der Waals surface area contributed by atoms with Crippen molar-refractivity contribution in [3.63, 3.8) is 0 Å². The second-order valence-electron chi connectivity index (χ2n) is 5.23. The molecule has 0 aromatic carbocycles. The minimum Gasteiger partial charge on any atom is -0.355 e. The summed E-state index contributed by atoms with van der Waals surface area (Å²) >= 11 is 0. The number of likely N-dealkylation sites (N-methyl/N-ethyl adjacent to an activating group) is 1. The predicted molar refractivity (Wildman–Crippen MR) is 75.7 cm³/mol. The van der Waals surface area contributed by atoms with Crippen LogP contribution in [0.5, 0.6) is 0 Å². The summed E-state index contributed by atoms with van der Waals surface area (Å²) in [5.41, 5.74) is 0. The molecule has 0 aliphatic carbocycles. The maximum absolute atomic E-state index is 12.0. The van der Waals surface area contributed by atoms with Crippen LogP contribution in [0.2, 0.25) is 0 Å². The van der Waals surface area contributed by atoms with Gasteiger partial charge in [0.25, 0.3) is 0 Å². The Bertz CT molecular complexity index is 307. The summed E-state index contributed by atoms with van der Waals surface area (Å²) in [6, 6.07) is 0.247. The van der Waals surface area contributed by atoms with Gasteiger partial charge < -0.3 is 15.5 Å². The van der Waals surface area contributed by atoms with Crippen LogP contribution in [0.4, 0.5) is 0 Å². The fourth-order valence-electron chi connectivity index (χ4n) is 2.50. The molecule has 5 heteroatoms. The lowest BCUT2D eigenvalue weighted by Crippen LogP contribution is -2.38. The highest BCUT2D eigenvalue weighted by Crippen LogP contribution is 2.22. The average molecular weight is 269 g/mol. The van der Waals surface area contributed by atoms with Crippen molar-refractivity contribution in [3.05, 3.63) is 0 Å². The van der Waals surface area contributed by atoms with Gasteiger partial charge in [-0.1, -0.05) is 20.3 Å². The Labute approximate surface area is 116 Å². The predicted octanol–water partition coefficient (Wildman–Crippen LogP) is 0.749. The van der Waals surface area contributed by atoms with E-state index in [1.807, 2.05) is 11.8 Å². The number of hydrogen-bond acceptors (Lipinski definition) is 3. The summed E-state index contributed by atoms with van der Waals surface area (Å²) in [6.45, 7) is 9.09. The van der Waals surface area contributed by atoms with Gasteiger partial charge in [-0.3, -0.25) is 9.59 Å². The van der Waals surface area contributed by atoms with E-state index in [-0.39, 0.29) is 23.8 Å². The Hall–Kier alpha value is -1.10. The summed E-state index contributed by atoms with van der Waals surface area (Å²) in [7, 11) is 0. The average Bonchev–Trinajstić information content (AvgIpc) is 2.77. The minimum atomic E-state index is -0.173. The second kappa shape index (κ2) is 8.15. The molecule has 19 heavy (non-hydrogen) atoms. The van der Waals surface area contributed by atoms with Gasteiger partial charge >= 0.3 is 0 Å². The molecule has 2 atom stereocenters. The van der Waals surface area contributed by atoms with E-state index in [0.29, 0.717) is 19.5 Å². The molecule has 2 amide bonds. The highest BCUT2D eigenvalue weighted by atomic mass is 16.2. The number of nitrogens with one attached hydrogen (secondary N) is 2. The topological polar surface area (TPSA) is 61.4 Å². The van der Waals surface area contributed by atoms with Crippen LogP contribution in [0.25, 0.3) is 0 Å². The van der Waals surface area contributed by atoms with E-state index in [2.05, 4.69) is 24.5 Å². The number of nitrogens with zero attached hydrogens (tertiary/aromatic N) is 1. The third kappa shape index (κ3) is 4.82. The zero-order valence-corrected chi connectivity index (χ0v) is 12.4. The zero-order chi connectivity index (χ0) is 14.3. The monoisotopic (exact) mass is 269 g/mol. The van der Waals surface area contributed by atoms with Crippen LogP contribution in [0.15, 0.2) is 0 Å². The SMILES string of the molecule is CCCC(C)N1CC(C(=O)NCCNCC)CC1=O. The van der Waals surface area contributed by atoms with Crippen molar-refractivity contribution in [2.45, 2.75) is 46.1 Å². The van der Waals surface area contributed by atoms with Gasteiger partial charge in [-0.2, -0.15) is 0 Å². The van der Waals surface area contributed by atoms with Crippen LogP contribution in [0.1, 0.15) is 40.0 Å². The molecule has 0 aromatic rings. The molecule has 1 fully saturated rings. The Morgan fingerprint density at radius 1 is 1.42 bits per heavy atom. The van der Waals surface area contributed by atoms with Gasteiger partial charge in [0.1, 0.15) is 0 Å². The number of rotatable bonds is 8. The molecular formula is C14H27N3O2. The first-order chi connectivity index (χ1) is 9.10. The van der Waals surface area contributed by atoms with Gasteiger partial charge in [0, 0.05) is 32.1 Å². The summed E-state index contributed by atoms with van der Waals surface area (Å²) in [4.78, 5) is 25.7. The molecule has 0 bridgehead atoms. The lowest BCUT2D eigenvalue weighted by molar-refractivity contribution is -0.130. The van der Waals surface area contributed by atoms with E-state index in [1.54, 1.807) is 0 Å². The number of carbonyl (C=O) groups is 2. The van der Waals surface area contributed by atoms with Gasteiger partial charge in [-0.25, -0.2) is 0 Å². The molecule has 1 aliphatic heterocycles. The van der Waals surface area contributed by atoms with Crippen LogP contribution in [-0.2, 0) is 9.59 Å². The second-order valence-corrected chi connectivity index (χ2v) is 5.23. The molecule has 1 heterocycles. The van der Waals surface area contributed by atoms with Crippen molar-refractivity contribution in [2.24, 2.45) is 5.92 Å². The standard InChI is InChI=1S/C14H27N3O2/c1-4-6-11(3)17-10-12(9-13(17)18)14(19)16-8-7-15-5-2/h11-12,15H,4-10H2,1-3H3,(H,16,19). The van der Waals surface area contributed by atoms with Crippen LogP contribution in [0.3, 0.4) is 0 Å². The number of carbonyl (C=O) groups excluding carboxylic acids is 2. The lowest BCUT2D eigenvalue weighted by atomic mass is 10.1. The zero-order valence-electron chi connectivity index (χ0n) is 12.4. The molecule has 2 N–H and O–H groups in total. The third-order valence-electron chi connectivity index (χ3n) is 3.62. The van der Waals surface area contributed by atoms with Gasteiger partial charge in [-0.05, 0) is 19.9 Å². The van der Waals surface area contributed by atoms with Gasteiger partial charge in [0.15, 0.2) is 0 Å². The first kappa shape index (κ1) is 16.0. The molecule has 0 spiro atoms. The van der Waals surface area contributed by atoms with Crippen molar-refractivity contribution in [1.82, 2.24) is 15.5 Å². The normalized spacial score (nSPS) is 20.7. The quantitative estimate of drug-likeness (QED) is 0.639. The smallest absolute Gasteiger partial charge is 0.225 e. The molecule has 1 saturated heterocycles. The third-order valence-corrected chi connectivity index (χ3v) is 3.62. The lowest BCUT2D eigenvalue weighted by Gasteiger charge is -2.24. The molecule has 1 rings (SSSR count). The first-order valence-corrected chi connectivity index (χ1v) is 7.38. The Morgan fingerprint density at radius 3 is 2.79 bits per heavy atom. The highest BCUT2D eigenvalue weighted by Gasteiger charge is 2.35. The van der Waals surface area contributed by atoms with Crippen LogP contribution in [0, 0.1) is 5.92 Å². The van der Waals surface area contributed by atoms with Crippen LogP contribution < -0.4 is 10.6 Å². The van der Waals surface area contributed by atoms with Crippen LogP contribution in [-0.4, -0.2) is 48.9 Å². The Balaban J connectivity index is 2.36. The van der Waals surface area contributed by atoms with E-state index in [4.69, 9.17) is 0 Å². The van der Waals surface area contributed by atoms with E-state index >= 15 is 0 Å². The first-order valence-electron chi connectivity index (χ1n) is 7.38. The van der Waals surface area contributed by atoms with Crippen molar-refractivity contribution in [3.8, 4) is 0 Å². The molecule has 110 valence electrons. The van der Waals surface area contributed by atoms with E-state index in [9.17, 15) is 9.59 Å². The van der Waals surface area contributed by atoms with E-state index in [1.165, 1.54) is 0 Å². The van der Waals surface area contributed by atoms with Crippen molar-refractivity contribution < 1.29 is 9.59 Å². The number of hydrogen-bond donors (Lipinski definition) is 2. The molecule has 5 nitrogen and oxygen atoms in total. The van der Waals surface area contributed by atoms with Gasteiger partial charge in [-0.15, -0.1) is 0 Å². The summed E-state index contributed by atoms with van der Waals surface area (Å²) in [5, 5.41) is 6.05. The van der Waals surface area contributed by atoms with Crippen molar-refractivity contribution >= 4 is 11.8 Å². The highest BCUT2D eigenvalue weighted by molar-refractivity contribution is 5.89. The molecule has 0 radical (unpaired) electrons. The minimum absolute atomic E-state index is 0.0115. The molecule has 1 aliphatic rings. The molecule has 0 saturated carbocycles. The fourth-order valence-corrected chi connectivity index (χ4v) is 2.50. The van der Waals surface area contributed by atoms with E-state index < -0.39 is 0 Å². The Kier molecular flexibility index (Phi) is 6.84. The summed E-state index contributed by atoms with van der Waals surface area (Å²) in [5.74, 6) is -0.0429. The van der Waals surface area contributed by atoms with Gasteiger partial charge in [0.05, 0.1) is 5.92 Å². The number of likely N-dealkylation sites (tertiary alicyclic amines) is 1. The molecular weight excluding hydrogens is 242 g/mol. The van der Waals surface area contributed by atoms with Gasteiger partial charge in [0.2, 0.25) is 11.8 Å². The largest absolute Gasteiger partial charge is 0.355 e. The molecule has 0 aromatic heterocycles. The van der Waals surface area contributed by atoms with E-state index in [0.717, 1.165) is 25.9 Å². The maximum Gasteiger partial charge on any atom is 0.225 e. The number of amides is 2. The maximum atomic E-state index is 12.0. The Morgan fingerprint density at radius 2 is 2.16 bits per heavy atom.